The van der Waals surface area contributed by atoms with Crippen molar-refractivity contribution in [1.29, 1.82) is 0 Å². The van der Waals surface area contributed by atoms with E-state index in [1.807, 2.05) is 67.5 Å². The van der Waals surface area contributed by atoms with Gasteiger partial charge in [-0.3, -0.25) is 0 Å². The normalized spacial score (nSPS) is 11.0. The highest BCUT2D eigenvalue weighted by Gasteiger charge is 2.21. The Morgan fingerprint density at radius 1 is 0.708 bits per heavy atom. The maximum Gasteiger partial charge on any atom is 0.389 e. The van der Waals surface area contributed by atoms with Gasteiger partial charge in [-0.15, -0.1) is 4.33 Å². The van der Waals surface area contributed by atoms with Crippen molar-refractivity contribution in [3.63, 3.8) is 0 Å². The highest BCUT2D eigenvalue weighted by Crippen LogP contribution is 2.08. The molecule has 2 N–H and O–H groups in total. The lowest BCUT2D eigenvalue weighted by Gasteiger charge is -2.20. The van der Waals surface area contributed by atoms with Crippen molar-refractivity contribution in [3.05, 3.63) is 143 Å². The van der Waals surface area contributed by atoms with Crippen LogP contribution in [-0.4, -0.2) is 41.2 Å². The Morgan fingerprint density at radius 2 is 1.00 bits per heavy atom. The van der Waals surface area contributed by atoms with Gasteiger partial charge in [0.2, 0.25) is 0 Å². The molecular weight excluding hydrogens is 878 g/mol. The second-order valence-electron chi connectivity index (χ2n) is 7.80. The largest absolute Gasteiger partial charge is 0.707 e. The Kier molecular flexibility index (Phi) is 40.5. The summed E-state index contributed by atoms with van der Waals surface area (Å²) in [7, 11) is -7.78. The van der Waals surface area contributed by atoms with Gasteiger partial charge in [0.1, 0.15) is 33.9 Å². The van der Waals surface area contributed by atoms with Crippen LogP contribution in [0.3, 0.4) is 0 Å². The van der Waals surface area contributed by atoms with Crippen molar-refractivity contribution < 1.29 is 78.8 Å². The molecule has 0 heterocycles. The molecule has 0 spiro atoms. The van der Waals surface area contributed by atoms with Crippen LogP contribution in [-0.2, 0) is 28.4 Å². The lowest BCUT2D eigenvalue weighted by molar-refractivity contribution is -0.634. The molecular formula is C36H57I2O8S2+. The predicted octanol–water partition coefficient (Wildman–Crippen LogP) is 2.31. The Bertz CT molecular complexity index is 1330. The smallest absolute Gasteiger partial charge is 0.389 e. The molecule has 4 rings (SSSR count). The fourth-order valence-corrected chi connectivity index (χ4v) is 6.60. The second kappa shape index (κ2) is 35.0. The minimum atomic E-state index is -4.06. The van der Waals surface area contributed by atoms with Gasteiger partial charge in [-0.05, 0) is 36.4 Å². The third-order valence-electron chi connectivity index (χ3n) is 3.65. The third kappa shape index (κ3) is 40.3. The van der Waals surface area contributed by atoms with E-state index < -0.39 is 19.7 Å². The zero-order valence-corrected chi connectivity index (χ0v) is 36.3. The van der Waals surface area contributed by atoms with E-state index in [9.17, 15) is 12.6 Å². The molecule has 0 aromatic heterocycles. The summed E-state index contributed by atoms with van der Waals surface area (Å²) < 4.78 is 49.3. The molecule has 1 aliphatic carbocycles. The number of hydrogen-bond acceptors (Lipinski definition) is 7. The summed E-state index contributed by atoms with van der Waals surface area (Å²) in [5.41, 5.74) is 0. The first kappa shape index (κ1) is 55.6. The summed E-state index contributed by atoms with van der Waals surface area (Å²) in [5.74, 6) is 0. The Hall–Kier alpha value is -1.85. The maximum absolute atomic E-state index is 10.2. The van der Waals surface area contributed by atoms with Crippen LogP contribution in [0.5, 0.6) is 0 Å². The van der Waals surface area contributed by atoms with Crippen LogP contribution >= 0.6 is 0 Å². The standard InChI is InChI=1S/C12H10I.C12H9I.C2H8O4S.4C2H6.CH4O4S.CH3/c2*1-3-7-11(8-4-1)13-12-9-5-2-6-10-12;1-7(2,4,5)6-3;4*1-2;1-6(3,4)5-2;/h1-10H;1,3-10H;3H,1-2H3,(H,4,5);4*1-2H3;2H,1H3;1H3/q+1;+2;;;;;;;-1/p-1. The molecule has 0 amide bonds. The first-order chi connectivity index (χ1) is 22.3. The van der Waals surface area contributed by atoms with Gasteiger partial charge in [0.25, 0.3) is 13.7 Å². The molecule has 8 nitrogen and oxygen atoms in total. The SMILES string of the molecule is CC.CC.CC.CC.CS(=O)(=O)O[O-].CS(C)(=O)(O)OO.[C+]1=CC=C([I+]c2ccccc2)C=C1.[CH3-].c1ccc([I+]c2ccccc2)cc1. The molecule has 274 valence electrons. The van der Waals surface area contributed by atoms with E-state index in [0.717, 1.165) is 12.5 Å². The van der Waals surface area contributed by atoms with Gasteiger partial charge in [0.05, 0.1) is 6.26 Å². The van der Waals surface area contributed by atoms with E-state index in [2.05, 4.69) is 118 Å². The Morgan fingerprint density at radius 3 is 1.23 bits per heavy atom. The fraction of sp³-hybridized carbons (Fsp3) is 0.306. The molecule has 0 fully saturated rings. The Balaban J connectivity index is -0.000000165. The first-order valence-electron chi connectivity index (χ1n) is 14.9. The lowest BCUT2D eigenvalue weighted by Crippen LogP contribution is -3.61. The monoisotopic (exact) mass is 935 g/mol. The fourth-order valence-electron chi connectivity index (χ4n) is 2.11. The zero-order chi connectivity index (χ0) is 37.2. The maximum atomic E-state index is 10.2. The lowest BCUT2D eigenvalue weighted by atomic mass is 10.3. The van der Waals surface area contributed by atoms with E-state index in [1.165, 1.54) is 14.3 Å². The van der Waals surface area contributed by atoms with E-state index in [1.54, 1.807) is 0 Å². The number of halogens is 2. The molecule has 12 heteroatoms. The van der Waals surface area contributed by atoms with Crippen LogP contribution in [0, 0.1) is 24.2 Å². The third-order valence-corrected chi connectivity index (χ3v) is 9.69. The molecule has 0 bridgehead atoms. The summed E-state index contributed by atoms with van der Waals surface area (Å²) in [6.45, 7) is 16.0. The van der Waals surface area contributed by atoms with Crippen molar-refractivity contribution in [1.82, 2.24) is 0 Å². The highest BCUT2D eigenvalue weighted by molar-refractivity contribution is 8.09. The molecule has 3 aromatic carbocycles. The molecule has 0 unspecified atom stereocenters. The quantitative estimate of drug-likeness (QED) is 0.167. The summed E-state index contributed by atoms with van der Waals surface area (Å²) in [6, 6.07) is 32.1. The van der Waals surface area contributed by atoms with Crippen LogP contribution in [0.15, 0.2) is 119 Å². The molecule has 3 aromatic rings. The van der Waals surface area contributed by atoms with Crippen LogP contribution in [0.25, 0.3) is 0 Å². The summed E-state index contributed by atoms with van der Waals surface area (Å²) in [6.07, 6.45) is 13.8. The van der Waals surface area contributed by atoms with E-state index in [-0.39, 0.29) is 49.8 Å². The molecule has 0 saturated carbocycles. The minimum absolute atomic E-state index is 0. The predicted molar refractivity (Wildman–Crippen MR) is 195 cm³/mol. The van der Waals surface area contributed by atoms with Gasteiger partial charge >= 0.3 is 42.4 Å². The molecule has 48 heavy (non-hydrogen) atoms. The molecule has 0 radical (unpaired) electrons. The summed E-state index contributed by atoms with van der Waals surface area (Å²) >= 11 is 0.0374. The van der Waals surface area contributed by atoms with Crippen molar-refractivity contribution in [2.45, 2.75) is 55.4 Å². The van der Waals surface area contributed by atoms with Crippen molar-refractivity contribution in [2.24, 2.45) is 0 Å². The van der Waals surface area contributed by atoms with Crippen LogP contribution < -0.4 is 47.7 Å². The van der Waals surface area contributed by atoms with E-state index in [4.69, 9.17) is 15.1 Å². The number of allylic oxidation sites excluding steroid dienone is 6. The van der Waals surface area contributed by atoms with E-state index >= 15 is 0 Å². The summed E-state index contributed by atoms with van der Waals surface area (Å²) in [5, 5.41) is 16.5. The van der Waals surface area contributed by atoms with Gasteiger partial charge in [0, 0.05) is 18.6 Å². The average molecular weight is 936 g/mol. The van der Waals surface area contributed by atoms with Crippen LogP contribution in [0.2, 0.25) is 0 Å². The van der Waals surface area contributed by atoms with Gasteiger partial charge in [-0.25, -0.2) is 17.9 Å². The molecule has 0 saturated heterocycles. The van der Waals surface area contributed by atoms with Gasteiger partial charge in [-0.2, -0.15) is 0 Å². The van der Waals surface area contributed by atoms with Gasteiger partial charge < -0.3 is 21.6 Å². The summed E-state index contributed by atoms with van der Waals surface area (Å²) in [4.78, 5) is 0. The van der Waals surface area contributed by atoms with Gasteiger partial charge in [0.15, 0.2) is 10.7 Å². The minimum Gasteiger partial charge on any atom is -0.707 e. The number of hydrogen-bond donors (Lipinski definition) is 2. The average Bonchev–Trinajstić information content (AvgIpc) is 3.10. The topological polar surface area (TPSA) is 133 Å². The van der Waals surface area contributed by atoms with Crippen molar-refractivity contribution >= 4 is 19.7 Å². The van der Waals surface area contributed by atoms with Crippen molar-refractivity contribution in [2.75, 3.05) is 18.8 Å². The van der Waals surface area contributed by atoms with Gasteiger partial charge in [-0.1, -0.05) is 110 Å². The number of rotatable bonds is 6. The van der Waals surface area contributed by atoms with E-state index in [0.29, 0.717) is 6.26 Å². The van der Waals surface area contributed by atoms with Crippen molar-refractivity contribution in [3.8, 4) is 0 Å². The highest BCUT2D eigenvalue weighted by atomic mass is 127. The molecule has 0 aliphatic heterocycles. The van der Waals surface area contributed by atoms with Crippen LogP contribution in [0.1, 0.15) is 55.4 Å². The first-order valence-corrected chi connectivity index (χ1v) is 23.7. The molecule has 0 atom stereocenters. The van der Waals surface area contributed by atoms with Crippen LogP contribution in [0.4, 0.5) is 0 Å². The zero-order valence-electron chi connectivity index (χ0n) is 30.4. The molecule has 1 aliphatic rings. The Labute approximate surface area is 313 Å². The number of benzene rings is 3. The second-order valence-corrected chi connectivity index (χ2v) is 18.9.